The predicted octanol–water partition coefficient (Wildman–Crippen LogP) is 2.77. The van der Waals surface area contributed by atoms with E-state index >= 15 is 0 Å². The van der Waals surface area contributed by atoms with Crippen LogP contribution in [-0.2, 0) is 28.0 Å². The Bertz CT molecular complexity index is 1620. The molecule has 0 atom stereocenters. The molecule has 0 radical (unpaired) electrons. The van der Waals surface area contributed by atoms with Crippen molar-refractivity contribution in [1.29, 1.82) is 0 Å². The van der Waals surface area contributed by atoms with Crippen LogP contribution in [0.25, 0.3) is 22.0 Å². The van der Waals surface area contributed by atoms with Crippen molar-refractivity contribution in [3.63, 3.8) is 0 Å². The molecule has 4 aromatic rings. The Balaban J connectivity index is 1.35. The fourth-order valence-electron chi connectivity index (χ4n) is 4.89. The fourth-order valence-corrected chi connectivity index (χ4v) is 4.89. The standard InChI is InChI=1S/C26H27N9O2/c1-13-16(10-29-23-22(13)32-25(37)26(23,2)3)18-7-14-8-19(28-11-17(14)24(27)30-18)31-20-9-15-5-6-34(4)21(36)12-35(15)33-20/h7-11H,5-6,12H2,1-4H3,(H2,27,30)(H,32,37)(H,28,31,33). The average molecular weight is 498 g/mol. The van der Waals surface area contributed by atoms with Crippen molar-refractivity contribution in [2.45, 2.75) is 39.2 Å². The Morgan fingerprint density at radius 3 is 2.73 bits per heavy atom. The molecule has 0 unspecified atom stereocenters. The van der Waals surface area contributed by atoms with Crippen LogP contribution in [0.5, 0.6) is 0 Å². The van der Waals surface area contributed by atoms with Gasteiger partial charge in [-0.3, -0.25) is 19.3 Å². The summed E-state index contributed by atoms with van der Waals surface area (Å²) in [5.41, 5.74) is 10.4. The van der Waals surface area contributed by atoms with Crippen LogP contribution in [0.15, 0.2) is 30.6 Å². The van der Waals surface area contributed by atoms with Crippen LogP contribution in [-0.4, -0.2) is 55.0 Å². The number of nitrogen functional groups attached to an aromatic ring is 1. The van der Waals surface area contributed by atoms with Gasteiger partial charge < -0.3 is 21.3 Å². The Hall–Kier alpha value is -4.54. The van der Waals surface area contributed by atoms with Gasteiger partial charge in [0.15, 0.2) is 5.82 Å². The molecule has 0 aliphatic carbocycles. The Morgan fingerprint density at radius 1 is 1.11 bits per heavy atom. The number of nitrogens with two attached hydrogens (primary N) is 1. The lowest BCUT2D eigenvalue weighted by atomic mass is 9.89. The van der Waals surface area contributed by atoms with Crippen LogP contribution in [0.2, 0.25) is 0 Å². The first-order valence-electron chi connectivity index (χ1n) is 12.1. The number of likely N-dealkylation sites (N-methyl/N-ethyl adjacent to an activating group) is 1. The zero-order valence-electron chi connectivity index (χ0n) is 21.1. The molecule has 6 heterocycles. The van der Waals surface area contributed by atoms with Gasteiger partial charge in [0.05, 0.1) is 22.5 Å². The summed E-state index contributed by atoms with van der Waals surface area (Å²) in [5.74, 6) is 1.53. The Kier molecular flexibility index (Phi) is 4.94. The van der Waals surface area contributed by atoms with Crippen molar-refractivity contribution in [3.05, 3.63) is 47.5 Å². The highest BCUT2D eigenvalue weighted by Gasteiger charge is 2.41. The van der Waals surface area contributed by atoms with E-state index in [1.54, 1.807) is 29.0 Å². The molecule has 2 amide bonds. The number of aromatic nitrogens is 5. The van der Waals surface area contributed by atoms with Crippen LogP contribution in [0, 0.1) is 6.92 Å². The number of hydrogen-bond donors (Lipinski definition) is 3. The maximum absolute atomic E-state index is 12.5. The maximum atomic E-state index is 12.5. The minimum atomic E-state index is -0.685. The topological polar surface area (TPSA) is 144 Å². The Morgan fingerprint density at radius 2 is 1.92 bits per heavy atom. The summed E-state index contributed by atoms with van der Waals surface area (Å²) in [5, 5.41) is 12.3. The fraction of sp³-hybridized carbons (Fsp3) is 0.308. The van der Waals surface area contributed by atoms with Crippen molar-refractivity contribution < 1.29 is 9.59 Å². The smallest absolute Gasteiger partial charge is 0.244 e. The second-order valence-corrected chi connectivity index (χ2v) is 10.2. The van der Waals surface area contributed by atoms with Gasteiger partial charge in [-0.2, -0.15) is 5.10 Å². The van der Waals surface area contributed by atoms with Gasteiger partial charge in [-0.05, 0) is 43.9 Å². The molecule has 188 valence electrons. The van der Waals surface area contributed by atoms with Crippen LogP contribution in [0.1, 0.15) is 30.8 Å². The highest BCUT2D eigenvalue weighted by molar-refractivity contribution is 6.06. The number of anilines is 4. The molecule has 6 rings (SSSR count). The van der Waals surface area contributed by atoms with Crippen LogP contribution < -0.4 is 16.4 Å². The third kappa shape index (κ3) is 3.65. The number of carbonyl (C=O) groups is 2. The normalized spacial score (nSPS) is 16.4. The predicted molar refractivity (Wildman–Crippen MR) is 140 cm³/mol. The van der Waals surface area contributed by atoms with Gasteiger partial charge in [-0.15, -0.1) is 0 Å². The molecule has 11 nitrogen and oxygen atoms in total. The molecule has 2 aliphatic rings. The number of nitrogens with zero attached hydrogens (tertiary/aromatic N) is 6. The summed E-state index contributed by atoms with van der Waals surface area (Å²) < 4.78 is 1.74. The lowest BCUT2D eigenvalue weighted by Gasteiger charge is -2.15. The highest BCUT2D eigenvalue weighted by Crippen LogP contribution is 2.41. The van der Waals surface area contributed by atoms with Crippen molar-refractivity contribution in [1.82, 2.24) is 29.6 Å². The lowest BCUT2D eigenvalue weighted by molar-refractivity contribution is -0.130. The lowest BCUT2D eigenvalue weighted by Crippen LogP contribution is -2.29. The van der Waals surface area contributed by atoms with E-state index in [-0.39, 0.29) is 18.4 Å². The molecule has 11 heteroatoms. The monoisotopic (exact) mass is 497 g/mol. The van der Waals surface area contributed by atoms with Gasteiger partial charge >= 0.3 is 0 Å². The van der Waals surface area contributed by atoms with E-state index in [9.17, 15) is 9.59 Å². The summed E-state index contributed by atoms with van der Waals surface area (Å²) in [7, 11) is 1.80. The van der Waals surface area contributed by atoms with E-state index in [0.29, 0.717) is 29.7 Å². The minimum absolute atomic E-state index is 0.0344. The number of fused-ring (bicyclic) bond motifs is 3. The van der Waals surface area contributed by atoms with Crippen LogP contribution >= 0.6 is 0 Å². The molecule has 0 aromatic carbocycles. The van der Waals surface area contributed by atoms with E-state index in [2.05, 4.69) is 30.7 Å². The third-order valence-electron chi connectivity index (χ3n) is 7.29. The van der Waals surface area contributed by atoms with Crippen molar-refractivity contribution in [3.8, 4) is 11.3 Å². The van der Waals surface area contributed by atoms with Gasteiger partial charge in [0.2, 0.25) is 11.8 Å². The summed E-state index contributed by atoms with van der Waals surface area (Å²) in [4.78, 5) is 40.1. The minimum Gasteiger partial charge on any atom is -0.383 e. The van der Waals surface area contributed by atoms with Crippen molar-refractivity contribution in [2.75, 3.05) is 30.0 Å². The number of nitrogens with one attached hydrogen (secondary N) is 2. The first kappa shape index (κ1) is 22.9. The van der Waals surface area contributed by atoms with E-state index in [4.69, 9.17) is 5.73 Å². The van der Waals surface area contributed by atoms with Crippen LogP contribution in [0.3, 0.4) is 0 Å². The number of carbonyl (C=O) groups excluding carboxylic acids is 2. The number of pyridine rings is 3. The van der Waals surface area contributed by atoms with E-state index in [1.165, 1.54) is 0 Å². The molecule has 0 fully saturated rings. The van der Waals surface area contributed by atoms with Crippen LogP contribution in [0.4, 0.5) is 23.1 Å². The van der Waals surface area contributed by atoms with Gasteiger partial charge in [0.1, 0.15) is 18.2 Å². The zero-order valence-corrected chi connectivity index (χ0v) is 21.1. The molecule has 37 heavy (non-hydrogen) atoms. The van der Waals surface area contributed by atoms with Gasteiger partial charge in [-0.25, -0.2) is 9.97 Å². The Labute approximate surface area is 213 Å². The highest BCUT2D eigenvalue weighted by atomic mass is 16.2. The average Bonchev–Trinajstić information content (AvgIpc) is 3.29. The van der Waals surface area contributed by atoms with Crippen molar-refractivity contribution >= 4 is 45.7 Å². The molecular weight excluding hydrogens is 470 g/mol. The third-order valence-corrected chi connectivity index (χ3v) is 7.29. The SMILES string of the molecule is Cc1c(-c2cc3cc(Nc4cc5n(n4)CC(=O)N(C)CC5)ncc3c(N)n2)cnc2c1NC(=O)C2(C)C. The molecule has 0 spiro atoms. The van der Waals surface area contributed by atoms with Gasteiger partial charge in [-0.1, -0.05) is 0 Å². The summed E-state index contributed by atoms with van der Waals surface area (Å²) in [6.07, 6.45) is 4.17. The molecule has 0 saturated carbocycles. The first-order chi connectivity index (χ1) is 17.6. The summed E-state index contributed by atoms with van der Waals surface area (Å²) in [6.45, 7) is 6.55. The maximum Gasteiger partial charge on any atom is 0.244 e. The second-order valence-electron chi connectivity index (χ2n) is 10.2. The largest absolute Gasteiger partial charge is 0.383 e. The molecule has 0 bridgehead atoms. The number of rotatable bonds is 3. The molecule has 0 saturated heterocycles. The molecule has 4 N–H and O–H groups in total. The van der Waals surface area contributed by atoms with Gasteiger partial charge in [0.25, 0.3) is 0 Å². The van der Waals surface area contributed by atoms with E-state index < -0.39 is 5.41 Å². The van der Waals surface area contributed by atoms with Gasteiger partial charge in [0, 0.05) is 55.1 Å². The summed E-state index contributed by atoms with van der Waals surface area (Å²) in [6, 6.07) is 5.77. The number of amides is 2. The summed E-state index contributed by atoms with van der Waals surface area (Å²) >= 11 is 0. The van der Waals surface area contributed by atoms with Crippen molar-refractivity contribution in [2.24, 2.45) is 0 Å². The molecule has 2 aliphatic heterocycles. The quantitative estimate of drug-likeness (QED) is 0.392. The molecule has 4 aromatic heterocycles. The first-order valence-corrected chi connectivity index (χ1v) is 12.1. The van der Waals surface area contributed by atoms with E-state index in [1.807, 2.05) is 39.0 Å². The second kappa shape index (κ2) is 7.99. The molecular formula is C26H27N9O2. The van der Waals surface area contributed by atoms with E-state index in [0.717, 1.165) is 45.4 Å². The zero-order chi connectivity index (χ0) is 26.1. The number of hydrogen-bond acceptors (Lipinski definition) is 8.